The van der Waals surface area contributed by atoms with Crippen molar-refractivity contribution >= 4 is 15.9 Å². The van der Waals surface area contributed by atoms with Gasteiger partial charge in [0.15, 0.2) is 0 Å². The quantitative estimate of drug-likeness (QED) is 0.595. The Labute approximate surface area is 59.5 Å². The summed E-state index contributed by atoms with van der Waals surface area (Å²) >= 11 is 2.94. The first-order valence-electron chi connectivity index (χ1n) is 2.28. The van der Waals surface area contributed by atoms with Crippen LogP contribution in [0.5, 0.6) is 5.75 Å². The number of H-pyrrole nitrogens is 1. The molecular formula is C5H4BrNO2. The van der Waals surface area contributed by atoms with Crippen molar-refractivity contribution in [2.75, 3.05) is 0 Å². The number of hydrogen-bond acceptors (Lipinski definition) is 2. The maximum atomic E-state index is 10.4. The van der Waals surface area contributed by atoms with Crippen molar-refractivity contribution in [2.45, 2.75) is 0 Å². The Morgan fingerprint density at radius 1 is 1.56 bits per heavy atom. The molecule has 0 bridgehead atoms. The van der Waals surface area contributed by atoms with E-state index < -0.39 is 0 Å². The van der Waals surface area contributed by atoms with Gasteiger partial charge in [0.25, 0.3) is 0 Å². The van der Waals surface area contributed by atoms with E-state index in [1.807, 2.05) is 0 Å². The van der Waals surface area contributed by atoms with E-state index in [0.717, 1.165) is 0 Å². The van der Waals surface area contributed by atoms with Gasteiger partial charge in [-0.2, -0.15) is 0 Å². The Balaban J connectivity index is 3.34. The number of hydrogen-bond donors (Lipinski definition) is 2. The first-order chi connectivity index (χ1) is 4.20. The van der Waals surface area contributed by atoms with E-state index in [-0.39, 0.29) is 11.3 Å². The van der Waals surface area contributed by atoms with Gasteiger partial charge in [-0.05, 0) is 22.0 Å². The van der Waals surface area contributed by atoms with Crippen LogP contribution in [0.3, 0.4) is 0 Å². The average molecular weight is 190 g/mol. The van der Waals surface area contributed by atoms with Crippen LogP contribution in [0, 0.1) is 0 Å². The Morgan fingerprint density at radius 3 is 2.67 bits per heavy atom. The van der Waals surface area contributed by atoms with Crippen molar-refractivity contribution in [3.05, 3.63) is 27.1 Å². The second-order valence-corrected chi connectivity index (χ2v) is 2.31. The Morgan fingerprint density at radius 2 is 2.22 bits per heavy atom. The lowest BCUT2D eigenvalue weighted by Gasteiger charge is -1.91. The molecule has 0 spiro atoms. The van der Waals surface area contributed by atoms with Gasteiger partial charge in [-0.3, -0.25) is 4.79 Å². The zero-order valence-electron chi connectivity index (χ0n) is 4.39. The molecule has 1 aromatic heterocycles. The molecule has 3 nitrogen and oxygen atoms in total. The van der Waals surface area contributed by atoms with Gasteiger partial charge in [0.1, 0.15) is 10.4 Å². The van der Waals surface area contributed by atoms with Crippen LogP contribution in [0.4, 0.5) is 0 Å². The van der Waals surface area contributed by atoms with Crippen LogP contribution in [0.15, 0.2) is 21.5 Å². The minimum absolute atomic E-state index is 0.0367. The summed E-state index contributed by atoms with van der Waals surface area (Å²) in [6.45, 7) is 0. The summed E-state index contributed by atoms with van der Waals surface area (Å²) in [5.74, 6) is 0.0367. The fourth-order valence-electron chi connectivity index (χ4n) is 0.442. The minimum Gasteiger partial charge on any atom is -0.505 e. The molecule has 1 aromatic rings. The molecule has 0 unspecified atom stereocenters. The molecule has 4 heteroatoms. The number of rotatable bonds is 0. The number of pyridine rings is 1. The summed E-state index contributed by atoms with van der Waals surface area (Å²) in [5.41, 5.74) is -0.236. The first kappa shape index (κ1) is 6.35. The van der Waals surface area contributed by atoms with Crippen molar-refractivity contribution < 1.29 is 5.11 Å². The van der Waals surface area contributed by atoms with Crippen molar-refractivity contribution in [1.82, 2.24) is 4.98 Å². The van der Waals surface area contributed by atoms with Crippen LogP contribution in [0.2, 0.25) is 0 Å². The predicted molar refractivity (Wildman–Crippen MR) is 36.4 cm³/mol. The molecule has 9 heavy (non-hydrogen) atoms. The third-order valence-corrected chi connectivity index (χ3v) is 1.45. The van der Waals surface area contributed by atoms with Crippen molar-refractivity contribution in [3.63, 3.8) is 0 Å². The van der Waals surface area contributed by atoms with Crippen molar-refractivity contribution in [2.24, 2.45) is 0 Å². The molecule has 0 aliphatic carbocycles. The normalized spacial score (nSPS) is 9.44. The monoisotopic (exact) mass is 189 g/mol. The lowest BCUT2D eigenvalue weighted by molar-refractivity contribution is 0.468. The highest BCUT2D eigenvalue weighted by Gasteiger charge is 1.93. The lowest BCUT2D eigenvalue weighted by Crippen LogP contribution is -2.01. The van der Waals surface area contributed by atoms with Crippen LogP contribution in [-0.4, -0.2) is 10.1 Å². The number of nitrogens with one attached hydrogen (secondary N) is 1. The minimum atomic E-state index is -0.236. The van der Waals surface area contributed by atoms with Gasteiger partial charge in [-0.1, -0.05) is 0 Å². The summed E-state index contributed by atoms with van der Waals surface area (Å²) < 4.78 is 0.315. The third kappa shape index (κ3) is 1.32. The molecule has 0 fully saturated rings. The number of aromatic hydroxyl groups is 1. The number of aromatic nitrogens is 1. The molecule has 0 aliphatic heterocycles. The molecule has 0 atom stereocenters. The van der Waals surface area contributed by atoms with E-state index in [1.165, 1.54) is 12.1 Å². The smallest absolute Gasteiger partial charge is 0.248 e. The molecule has 48 valence electrons. The molecule has 0 aromatic carbocycles. The second-order valence-electron chi connectivity index (χ2n) is 1.52. The first-order valence-corrected chi connectivity index (χ1v) is 3.07. The average Bonchev–Trinajstić information content (AvgIpc) is 1.80. The van der Waals surface area contributed by atoms with Crippen LogP contribution < -0.4 is 5.56 Å². The zero-order valence-corrected chi connectivity index (χ0v) is 5.97. The van der Waals surface area contributed by atoms with Crippen molar-refractivity contribution in [3.8, 4) is 5.75 Å². The van der Waals surface area contributed by atoms with Gasteiger partial charge in [0.05, 0.1) is 0 Å². The van der Waals surface area contributed by atoms with E-state index >= 15 is 0 Å². The van der Waals surface area contributed by atoms with Gasteiger partial charge >= 0.3 is 0 Å². The molecule has 0 aliphatic rings. The van der Waals surface area contributed by atoms with E-state index in [2.05, 4.69) is 20.9 Å². The molecule has 0 radical (unpaired) electrons. The second kappa shape index (κ2) is 2.23. The molecule has 0 amide bonds. The summed E-state index contributed by atoms with van der Waals surface area (Å²) in [4.78, 5) is 12.8. The van der Waals surface area contributed by atoms with E-state index in [4.69, 9.17) is 5.11 Å². The van der Waals surface area contributed by atoms with Crippen molar-refractivity contribution in [1.29, 1.82) is 0 Å². The molecule has 2 N–H and O–H groups in total. The Kier molecular flexibility index (Phi) is 1.57. The summed E-state index contributed by atoms with van der Waals surface area (Å²) in [6.07, 6.45) is 0. The highest BCUT2D eigenvalue weighted by atomic mass is 79.9. The van der Waals surface area contributed by atoms with E-state index in [0.29, 0.717) is 4.60 Å². The molecule has 1 rings (SSSR count). The van der Waals surface area contributed by atoms with Gasteiger partial charge in [-0.15, -0.1) is 0 Å². The highest BCUT2D eigenvalue weighted by molar-refractivity contribution is 9.10. The zero-order chi connectivity index (χ0) is 6.85. The summed E-state index contributed by atoms with van der Waals surface area (Å²) in [6, 6.07) is 2.57. The predicted octanol–water partition coefficient (Wildman–Crippen LogP) is 0.843. The standard InChI is InChI=1S/C5H4BrNO2/c6-5-3(8)1-2-4(9)7-5/h1-2,8H,(H,7,9). The fraction of sp³-hybridized carbons (Fsp3) is 0. The molecular weight excluding hydrogens is 186 g/mol. The topological polar surface area (TPSA) is 53.1 Å². The lowest BCUT2D eigenvalue weighted by atomic mass is 10.5. The highest BCUT2D eigenvalue weighted by Crippen LogP contribution is 2.16. The van der Waals surface area contributed by atoms with Crippen LogP contribution >= 0.6 is 15.9 Å². The summed E-state index contributed by atoms with van der Waals surface area (Å²) in [5, 5.41) is 8.83. The third-order valence-electron chi connectivity index (χ3n) is 0.850. The van der Waals surface area contributed by atoms with E-state index in [9.17, 15) is 4.79 Å². The van der Waals surface area contributed by atoms with Crippen LogP contribution in [-0.2, 0) is 0 Å². The van der Waals surface area contributed by atoms with Gasteiger partial charge < -0.3 is 10.1 Å². The fourth-order valence-corrected chi connectivity index (χ4v) is 0.769. The van der Waals surface area contributed by atoms with E-state index in [1.54, 1.807) is 0 Å². The van der Waals surface area contributed by atoms with Gasteiger partial charge in [-0.25, -0.2) is 0 Å². The summed E-state index contributed by atoms with van der Waals surface area (Å²) in [7, 11) is 0. The van der Waals surface area contributed by atoms with Crippen LogP contribution in [0.25, 0.3) is 0 Å². The number of halogens is 1. The number of aromatic amines is 1. The Hall–Kier alpha value is -0.770. The maximum absolute atomic E-state index is 10.4. The van der Waals surface area contributed by atoms with Gasteiger partial charge in [0, 0.05) is 6.07 Å². The Bertz CT molecular complexity index is 268. The molecule has 1 heterocycles. The molecule has 0 saturated carbocycles. The van der Waals surface area contributed by atoms with Gasteiger partial charge in [0.2, 0.25) is 5.56 Å². The SMILES string of the molecule is O=c1ccc(O)c(Br)[nH]1. The van der Waals surface area contributed by atoms with Crippen LogP contribution in [0.1, 0.15) is 0 Å². The molecule has 0 saturated heterocycles. The maximum Gasteiger partial charge on any atom is 0.248 e. The largest absolute Gasteiger partial charge is 0.505 e.